The number of anilines is 1. The van der Waals surface area contributed by atoms with Crippen LogP contribution in [0.3, 0.4) is 0 Å². The normalized spacial score (nSPS) is 18.2. The van der Waals surface area contributed by atoms with Crippen LogP contribution in [0.1, 0.15) is 29.7 Å². The minimum absolute atomic E-state index is 0.0258. The van der Waals surface area contributed by atoms with Gasteiger partial charge in [-0.2, -0.15) is 4.98 Å². The number of carbonyl (C=O) groups excluding carboxylic acids is 1. The largest absolute Gasteiger partial charge is 0.338 e. The van der Waals surface area contributed by atoms with Gasteiger partial charge < -0.3 is 14.7 Å². The summed E-state index contributed by atoms with van der Waals surface area (Å²) in [5, 5.41) is 7.07. The number of para-hydroxylation sites is 1. The van der Waals surface area contributed by atoms with E-state index in [0.29, 0.717) is 24.7 Å². The van der Waals surface area contributed by atoms with Crippen molar-refractivity contribution in [3.63, 3.8) is 0 Å². The Hall–Kier alpha value is -2.21. The second kappa shape index (κ2) is 5.05. The maximum absolute atomic E-state index is 12.0. The van der Waals surface area contributed by atoms with Crippen molar-refractivity contribution in [3.05, 3.63) is 41.5 Å². The van der Waals surface area contributed by atoms with Gasteiger partial charge in [-0.15, -0.1) is 0 Å². The maximum atomic E-state index is 12.0. The van der Waals surface area contributed by atoms with E-state index >= 15 is 0 Å². The molecule has 0 aliphatic carbocycles. The molecule has 1 N–H and O–H groups in total. The predicted molar refractivity (Wildman–Crippen MR) is 73.1 cm³/mol. The van der Waals surface area contributed by atoms with E-state index in [-0.39, 0.29) is 11.9 Å². The maximum Gasteiger partial charge on any atom is 0.240 e. The van der Waals surface area contributed by atoms with Crippen LogP contribution in [0.4, 0.5) is 5.69 Å². The summed E-state index contributed by atoms with van der Waals surface area (Å²) in [4.78, 5) is 17.9. The van der Waals surface area contributed by atoms with Crippen LogP contribution in [0.2, 0.25) is 0 Å². The fraction of sp³-hybridized carbons (Fsp3) is 0.357. The van der Waals surface area contributed by atoms with E-state index in [1.807, 2.05) is 24.3 Å². The number of nitrogens with one attached hydrogen (secondary N) is 1. The summed E-state index contributed by atoms with van der Waals surface area (Å²) >= 11 is 0. The number of carbonyl (C=O) groups is 1. The summed E-state index contributed by atoms with van der Waals surface area (Å²) < 4.78 is 5.07. The lowest BCUT2D eigenvalue weighted by molar-refractivity contribution is -0.119. The zero-order valence-electron chi connectivity index (χ0n) is 11.5. The standard InChI is InChI=1S/C14H16N4O2/c1-9-16-13(20-17-9)8-15-11-7-14(19)18(2)12-6-4-3-5-10(11)12/h3-6,11,15H,7-8H2,1-2H3. The Morgan fingerprint density at radius 1 is 1.45 bits per heavy atom. The molecular formula is C14H16N4O2. The van der Waals surface area contributed by atoms with Crippen molar-refractivity contribution in [1.29, 1.82) is 0 Å². The molecule has 1 unspecified atom stereocenters. The number of hydrogen-bond acceptors (Lipinski definition) is 5. The van der Waals surface area contributed by atoms with E-state index in [1.54, 1.807) is 18.9 Å². The molecule has 0 fully saturated rings. The van der Waals surface area contributed by atoms with Crippen molar-refractivity contribution in [2.75, 3.05) is 11.9 Å². The Labute approximate surface area is 116 Å². The summed E-state index contributed by atoms with van der Waals surface area (Å²) in [5.74, 6) is 1.25. The number of rotatable bonds is 3. The number of aryl methyl sites for hydroxylation is 1. The van der Waals surface area contributed by atoms with Gasteiger partial charge in [-0.3, -0.25) is 4.79 Å². The molecule has 0 saturated heterocycles. The van der Waals surface area contributed by atoms with Crippen molar-refractivity contribution < 1.29 is 9.32 Å². The Morgan fingerprint density at radius 3 is 3.00 bits per heavy atom. The third-order valence-electron chi connectivity index (χ3n) is 3.50. The molecule has 104 valence electrons. The van der Waals surface area contributed by atoms with Gasteiger partial charge in [-0.1, -0.05) is 23.4 Å². The molecule has 1 aliphatic rings. The van der Waals surface area contributed by atoms with Gasteiger partial charge in [0.05, 0.1) is 6.54 Å². The molecule has 6 heteroatoms. The number of benzene rings is 1. The topological polar surface area (TPSA) is 71.3 Å². The van der Waals surface area contributed by atoms with Crippen LogP contribution >= 0.6 is 0 Å². The van der Waals surface area contributed by atoms with E-state index in [9.17, 15) is 4.79 Å². The van der Waals surface area contributed by atoms with E-state index in [2.05, 4.69) is 15.5 Å². The highest BCUT2D eigenvalue weighted by Crippen LogP contribution is 2.33. The average Bonchev–Trinajstić information content (AvgIpc) is 2.87. The van der Waals surface area contributed by atoms with Gasteiger partial charge in [-0.25, -0.2) is 0 Å². The first-order valence-electron chi connectivity index (χ1n) is 6.53. The Bertz CT molecular complexity index is 638. The van der Waals surface area contributed by atoms with Crippen LogP contribution in [0, 0.1) is 6.92 Å². The molecule has 20 heavy (non-hydrogen) atoms. The molecule has 0 bridgehead atoms. The Morgan fingerprint density at radius 2 is 2.25 bits per heavy atom. The molecule has 2 aromatic rings. The quantitative estimate of drug-likeness (QED) is 0.918. The molecule has 0 saturated carbocycles. The highest BCUT2D eigenvalue weighted by molar-refractivity contribution is 5.96. The van der Waals surface area contributed by atoms with Crippen molar-refractivity contribution in [2.45, 2.75) is 25.9 Å². The molecule has 1 aliphatic heterocycles. The first kappa shape index (κ1) is 12.8. The molecular weight excluding hydrogens is 256 g/mol. The molecule has 0 spiro atoms. The van der Waals surface area contributed by atoms with Crippen LogP contribution in [0.15, 0.2) is 28.8 Å². The second-order valence-electron chi connectivity index (χ2n) is 4.88. The van der Waals surface area contributed by atoms with Gasteiger partial charge in [0.15, 0.2) is 5.82 Å². The fourth-order valence-electron chi connectivity index (χ4n) is 2.45. The van der Waals surface area contributed by atoms with Crippen LogP contribution in [-0.4, -0.2) is 23.1 Å². The summed E-state index contributed by atoms with van der Waals surface area (Å²) in [7, 11) is 1.80. The average molecular weight is 272 g/mol. The number of amides is 1. The number of hydrogen-bond donors (Lipinski definition) is 1. The first-order chi connectivity index (χ1) is 9.65. The van der Waals surface area contributed by atoms with E-state index in [4.69, 9.17) is 4.52 Å². The predicted octanol–water partition coefficient (Wildman–Crippen LogP) is 1.58. The highest BCUT2D eigenvalue weighted by atomic mass is 16.5. The van der Waals surface area contributed by atoms with Crippen molar-refractivity contribution in [2.24, 2.45) is 0 Å². The van der Waals surface area contributed by atoms with Gasteiger partial charge in [-0.05, 0) is 18.6 Å². The highest BCUT2D eigenvalue weighted by Gasteiger charge is 2.28. The van der Waals surface area contributed by atoms with Crippen molar-refractivity contribution >= 4 is 11.6 Å². The third-order valence-corrected chi connectivity index (χ3v) is 3.50. The zero-order chi connectivity index (χ0) is 14.1. The number of fused-ring (bicyclic) bond motifs is 1. The fourth-order valence-corrected chi connectivity index (χ4v) is 2.45. The lowest BCUT2D eigenvalue weighted by Gasteiger charge is -2.31. The monoisotopic (exact) mass is 272 g/mol. The van der Waals surface area contributed by atoms with Crippen molar-refractivity contribution in [1.82, 2.24) is 15.5 Å². The van der Waals surface area contributed by atoms with E-state index < -0.39 is 0 Å². The van der Waals surface area contributed by atoms with Gasteiger partial charge in [0.1, 0.15) is 0 Å². The van der Waals surface area contributed by atoms with Crippen LogP contribution in [-0.2, 0) is 11.3 Å². The number of aromatic nitrogens is 2. The molecule has 6 nitrogen and oxygen atoms in total. The molecule has 2 heterocycles. The molecule has 3 rings (SSSR count). The van der Waals surface area contributed by atoms with Gasteiger partial charge in [0.2, 0.25) is 11.8 Å². The Kier molecular flexibility index (Phi) is 3.23. The van der Waals surface area contributed by atoms with Gasteiger partial charge >= 0.3 is 0 Å². The molecule has 0 radical (unpaired) electrons. The number of nitrogens with zero attached hydrogens (tertiary/aromatic N) is 3. The van der Waals surface area contributed by atoms with Gasteiger partial charge in [0, 0.05) is 25.2 Å². The summed E-state index contributed by atoms with van der Waals surface area (Å²) in [6.07, 6.45) is 0.431. The third kappa shape index (κ3) is 2.30. The zero-order valence-corrected chi connectivity index (χ0v) is 11.5. The first-order valence-corrected chi connectivity index (χ1v) is 6.53. The molecule has 1 aromatic carbocycles. The Balaban J connectivity index is 1.80. The smallest absolute Gasteiger partial charge is 0.240 e. The molecule has 1 aromatic heterocycles. The lowest BCUT2D eigenvalue weighted by atomic mass is 9.96. The summed E-state index contributed by atoms with van der Waals surface area (Å²) in [6.45, 7) is 2.23. The second-order valence-corrected chi connectivity index (χ2v) is 4.88. The van der Waals surface area contributed by atoms with Crippen molar-refractivity contribution in [3.8, 4) is 0 Å². The van der Waals surface area contributed by atoms with E-state index in [0.717, 1.165) is 11.3 Å². The minimum Gasteiger partial charge on any atom is -0.338 e. The summed E-state index contributed by atoms with van der Waals surface area (Å²) in [6, 6.07) is 7.88. The summed E-state index contributed by atoms with van der Waals surface area (Å²) in [5.41, 5.74) is 2.06. The molecule has 1 atom stereocenters. The lowest BCUT2D eigenvalue weighted by Crippen LogP contribution is -2.37. The minimum atomic E-state index is -0.0258. The van der Waals surface area contributed by atoms with Gasteiger partial charge in [0.25, 0.3) is 0 Å². The SMILES string of the molecule is Cc1noc(CNC2CC(=O)N(C)c3ccccc32)n1. The molecule has 1 amide bonds. The van der Waals surface area contributed by atoms with Crippen LogP contribution in [0.25, 0.3) is 0 Å². The van der Waals surface area contributed by atoms with Crippen LogP contribution in [0.5, 0.6) is 0 Å². The van der Waals surface area contributed by atoms with Crippen LogP contribution < -0.4 is 10.2 Å². The van der Waals surface area contributed by atoms with E-state index in [1.165, 1.54) is 0 Å².